The van der Waals surface area contributed by atoms with Crippen molar-refractivity contribution in [3.05, 3.63) is 58.2 Å². The second-order valence-electron chi connectivity index (χ2n) is 6.21. The summed E-state index contributed by atoms with van der Waals surface area (Å²) in [6.45, 7) is 7.19. The zero-order valence-corrected chi connectivity index (χ0v) is 16.7. The Bertz CT molecular complexity index is 993. The zero-order valence-electron chi connectivity index (χ0n) is 15.9. The lowest BCUT2D eigenvalue weighted by atomic mass is 10.0. The first-order valence-corrected chi connectivity index (χ1v) is 9.58. The Balaban J connectivity index is 2.49. The normalized spacial score (nSPS) is 11.6. The van der Waals surface area contributed by atoms with E-state index in [-0.39, 0.29) is 16.4 Å². The summed E-state index contributed by atoms with van der Waals surface area (Å²) in [6, 6.07) is 6.43. The smallest absolute Gasteiger partial charge is 0.339 e. The molecule has 0 fully saturated rings. The molecule has 0 aromatic heterocycles. The summed E-state index contributed by atoms with van der Waals surface area (Å²) in [5.74, 6) is -0.869. The molecule has 0 heterocycles. The van der Waals surface area contributed by atoms with Gasteiger partial charge in [-0.2, -0.15) is 8.42 Å². The largest absolute Gasteiger partial charge is 0.493 e. The Morgan fingerprint density at radius 3 is 2.11 bits per heavy atom. The van der Waals surface area contributed by atoms with E-state index in [1.54, 1.807) is 19.9 Å². The molecule has 0 aliphatic carbocycles. The Morgan fingerprint density at radius 1 is 1.00 bits per heavy atom. The highest BCUT2D eigenvalue weighted by Gasteiger charge is 2.25. The molecule has 0 amide bonds. The summed E-state index contributed by atoms with van der Waals surface area (Å²) in [7, 11) is -2.70. The number of hydrogen-bond acceptors (Lipinski definition) is 5. The van der Waals surface area contributed by atoms with Crippen LogP contribution in [0.25, 0.3) is 6.08 Å². The molecule has 144 valence electrons. The van der Waals surface area contributed by atoms with E-state index in [2.05, 4.69) is 0 Å². The number of aliphatic carboxylic acids is 1. The van der Waals surface area contributed by atoms with Crippen LogP contribution in [0.15, 0.2) is 35.2 Å². The van der Waals surface area contributed by atoms with Crippen LogP contribution in [-0.4, -0.2) is 26.6 Å². The Labute approximate surface area is 159 Å². The maximum absolute atomic E-state index is 12.9. The zero-order chi connectivity index (χ0) is 20.4. The molecule has 0 bridgehead atoms. The van der Waals surface area contributed by atoms with Crippen molar-refractivity contribution in [2.24, 2.45) is 0 Å². The molecule has 0 radical (unpaired) electrons. The van der Waals surface area contributed by atoms with Crippen molar-refractivity contribution < 1.29 is 27.2 Å². The monoisotopic (exact) mass is 390 g/mol. The third-order valence-electron chi connectivity index (χ3n) is 4.35. The van der Waals surface area contributed by atoms with Crippen LogP contribution in [0.5, 0.6) is 11.5 Å². The summed E-state index contributed by atoms with van der Waals surface area (Å²) < 4.78 is 36.5. The molecular weight excluding hydrogens is 368 g/mol. The van der Waals surface area contributed by atoms with Crippen LogP contribution in [-0.2, 0) is 14.9 Å². The van der Waals surface area contributed by atoms with Crippen LogP contribution >= 0.6 is 0 Å². The number of rotatable bonds is 6. The second-order valence-corrected chi connectivity index (χ2v) is 7.69. The van der Waals surface area contributed by atoms with Gasteiger partial charge in [-0.1, -0.05) is 12.1 Å². The maximum Gasteiger partial charge on any atom is 0.339 e. The van der Waals surface area contributed by atoms with E-state index in [1.807, 2.05) is 19.9 Å². The van der Waals surface area contributed by atoms with Crippen LogP contribution in [0, 0.1) is 27.7 Å². The highest BCUT2D eigenvalue weighted by molar-refractivity contribution is 7.87. The van der Waals surface area contributed by atoms with Gasteiger partial charge in [-0.3, -0.25) is 0 Å². The van der Waals surface area contributed by atoms with E-state index in [9.17, 15) is 13.2 Å². The molecule has 7 heteroatoms. The SMILES string of the molecule is COc1cc(/C=C/C(=O)O)ccc1OS(=O)(=O)c1c(C)c(C)cc(C)c1C. The fourth-order valence-corrected chi connectivity index (χ4v) is 4.27. The van der Waals surface area contributed by atoms with Gasteiger partial charge in [0.15, 0.2) is 11.5 Å². The number of carboxylic acids is 1. The number of hydrogen-bond donors (Lipinski definition) is 1. The number of ether oxygens (including phenoxy) is 1. The maximum atomic E-state index is 12.9. The van der Waals surface area contributed by atoms with Crippen LogP contribution < -0.4 is 8.92 Å². The minimum Gasteiger partial charge on any atom is -0.493 e. The fourth-order valence-electron chi connectivity index (χ4n) is 2.74. The van der Waals surface area contributed by atoms with E-state index in [1.165, 1.54) is 25.3 Å². The van der Waals surface area contributed by atoms with Crippen molar-refractivity contribution in [2.45, 2.75) is 32.6 Å². The number of carbonyl (C=O) groups is 1. The summed E-state index contributed by atoms with van der Waals surface area (Å²) in [5.41, 5.74) is 3.54. The lowest BCUT2D eigenvalue weighted by molar-refractivity contribution is -0.131. The molecule has 0 atom stereocenters. The van der Waals surface area contributed by atoms with Gasteiger partial charge in [-0.05, 0) is 73.7 Å². The number of methoxy groups -OCH3 is 1. The molecule has 2 rings (SSSR count). The van der Waals surface area contributed by atoms with E-state index < -0.39 is 16.1 Å². The Morgan fingerprint density at radius 2 is 1.59 bits per heavy atom. The van der Waals surface area contributed by atoms with Gasteiger partial charge in [-0.25, -0.2) is 4.79 Å². The van der Waals surface area contributed by atoms with Crippen LogP contribution in [0.2, 0.25) is 0 Å². The average Bonchev–Trinajstić information content (AvgIpc) is 2.58. The van der Waals surface area contributed by atoms with Crippen molar-refractivity contribution in [1.82, 2.24) is 0 Å². The van der Waals surface area contributed by atoms with Gasteiger partial charge >= 0.3 is 16.1 Å². The molecule has 0 saturated heterocycles. The standard InChI is InChI=1S/C20H22O6S/c1-12-10-13(2)15(4)20(14(12)3)27(23,24)26-17-8-6-16(7-9-19(21)22)11-18(17)25-5/h6-11H,1-5H3,(H,21,22)/b9-7+. The highest BCUT2D eigenvalue weighted by atomic mass is 32.2. The topological polar surface area (TPSA) is 89.9 Å². The summed E-state index contributed by atoms with van der Waals surface area (Å²) in [5, 5.41) is 8.71. The number of benzene rings is 2. The lowest BCUT2D eigenvalue weighted by Crippen LogP contribution is -2.15. The van der Waals surface area contributed by atoms with Crippen molar-refractivity contribution >= 4 is 22.2 Å². The van der Waals surface area contributed by atoms with Crippen LogP contribution in [0.4, 0.5) is 0 Å². The predicted molar refractivity (Wildman–Crippen MR) is 103 cm³/mol. The molecule has 27 heavy (non-hydrogen) atoms. The molecule has 6 nitrogen and oxygen atoms in total. The molecular formula is C20H22O6S. The molecule has 0 saturated carbocycles. The van der Waals surface area contributed by atoms with Crippen LogP contribution in [0.3, 0.4) is 0 Å². The van der Waals surface area contributed by atoms with Gasteiger partial charge in [0, 0.05) is 6.08 Å². The third-order valence-corrected chi connectivity index (χ3v) is 5.86. The molecule has 0 spiro atoms. The highest BCUT2D eigenvalue weighted by Crippen LogP contribution is 2.34. The summed E-state index contributed by atoms with van der Waals surface area (Å²) in [6.07, 6.45) is 2.36. The molecule has 0 aliphatic heterocycles. The van der Waals surface area contributed by atoms with Gasteiger partial charge in [0.1, 0.15) is 4.90 Å². The van der Waals surface area contributed by atoms with E-state index in [4.69, 9.17) is 14.0 Å². The van der Waals surface area contributed by atoms with Gasteiger partial charge in [-0.15, -0.1) is 0 Å². The quantitative estimate of drug-likeness (QED) is 0.596. The number of carboxylic acid groups (broad SMARTS) is 1. The first-order chi connectivity index (χ1) is 12.6. The Kier molecular flexibility index (Phi) is 5.95. The van der Waals surface area contributed by atoms with Crippen LogP contribution in [0.1, 0.15) is 27.8 Å². The van der Waals surface area contributed by atoms with Crippen molar-refractivity contribution in [1.29, 1.82) is 0 Å². The van der Waals surface area contributed by atoms with E-state index in [0.29, 0.717) is 16.7 Å². The van der Waals surface area contributed by atoms with Gasteiger partial charge in [0.2, 0.25) is 0 Å². The van der Waals surface area contributed by atoms with Gasteiger partial charge in [0.25, 0.3) is 0 Å². The van der Waals surface area contributed by atoms with Gasteiger partial charge < -0.3 is 14.0 Å². The lowest BCUT2D eigenvalue weighted by Gasteiger charge is -2.17. The van der Waals surface area contributed by atoms with Crippen molar-refractivity contribution in [3.8, 4) is 11.5 Å². The van der Waals surface area contributed by atoms with E-state index >= 15 is 0 Å². The predicted octanol–water partition coefficient (Wildman–Crippen LogP) is 3.79. The van der Waals surface area contributed by atoms with Gasteiger partial charge in [0.05, 0.1) is 7.11 Å². The average molecular weight is 390 g/mol. The summed E-state index contributed by atoms with van der Waals surface area (Å²) >= 11 is 0. The summed E-state index contributed by atoms with van der Waals surface area (Å²) in [4.78, 5) is 10.8. The number of aryl methyl sites for hydroxylation is 2. The van der Waals surface area contributed by atoms with Crippen molar-refractivity contribution in [3.63, 3.8) is 0 Å². The minimum atomic E-state index is -4.08. The fraction of sp³-hybridized carbons (Fsp3) is 0.250. The first kappa shape index (κ1) is 20.5. The molecule has 2 aromatic rings. The molecule has 1 N–H and O–H groups in total. The van der Waals surface area contributed by atoms with Crippen molar-refractivity contribution in [2.75, 3.05) is 7.11 Å². The minimum absolute atomic E-state index is 0.0305. The molecule has 2 aromatic carbocycles. The molecule has 0 aliphatic rings. The first-order valence-electron chi connectivity index (χ1n) is 8.17. The molecule has 0 unspecified atom stereocenters. The second kappa shape index (κ2) is 7.84. The third kappa shape index (κ3) is 4.49. The Hall–Kier alpha value is -2.80. The van der Waals surface area contributed by atoms with E-state index in [0.717, 1.165) is 17.2 Å².